The zero-order valence-electron chi connectivity index (χ0n) is 18.1. The Kier molecular flexibility index (Phi) is 7.28. The van der Waals surface area contributed by atoms with E-state index in [1.165, 1.54) is 0 Å². The highest BCUT2D eigenvalue weighted by Gasteiger charge is 2.29. The van der Waals surface area contributed by atoms with Crippen LogP contribution in [0.1, 0.15) is 6.42 Å². The van der Waals surface area contributed by atoms with Crippen LogP contribution in [-0.2, 0) is 4.79 Å². The average molecular weight is 450 g/mol. The first-order chi connectivity index (χ1) is 16.1. The molecule has 0 saturated carbocycles. The van der Waals surface area contributed by atoms with Gasteiger partial charge in [-0.1, -0.05) is 6.07 Å². The summed E-state index contributed by atoms with van der Waals surface area (Å²) < 4.78 is 5.96. The number of likely N-dealkylation sites (tertiary alicyclic amines) is 1. The number of ether oxygens (including phenoxy) is 1. The molecule has 1 aliphatic rings. The highest BCUT2D eigenvalue weighted by molar-refractivity contribution is 5.69. The van der Waals surface area contributed by atoms with Crippen LogP contribution in [-0.4, -0.2) is 69.8 Å². The molecule has 10 nitrogen and oxygen atoms in total. The van der Waals surface area contributed by atoms with E-state index in [-0.39, 0.29) is 12.6 Å². The van der Waals surface area contributed by atoms with Crippen molar-refractivity contribution in [2.75, 3.05) is 43.4 Å². The molecule has 1 fully saturated rings. The fraction of sp³-hybridized carbons (Fsp3) is 0.304. The number of carboxylic acids is 1. The Balaban J connectivity index is 1.36. The minimum atomic E-state index is -0.823. The largest absolute Gasteiger partial charge is 0.488 e. The fourth-order valence-electron chi connectivity index (χ4n) is 3.45. The second-order valence-corrected chi connectivity index (χ2v) is 7.77. The summed E-state index contributed by atoms with van der Waals surface area (Å²) in [5.74, 6) is 1.17. The molecule has 0 radical (unpaired) electrons. The van der Waals surface area contributed by atoms with Crippen LogP contribution in [0.15, 0.2) is 55.0 Å². The van der Waals surface area contributed by atoms with Crippen LogP contribution in [0.5, 0.6) is 5.75 Å². The van der Waals surface area contributed by atoms with E-state index in [1.807, 2.05) is 41.3 Å². The number of nitrogens with two attached hydrogens (primary N) is 1. The van der Waals surface area contributed by atoms with Crippen LogP contribution >= 0.6 is 0 Å². The SMILES string of the molecule is NCCCNc1ncc(-c2ccnc(Nc3cccc(OC4CN(CC(=O)O)C4)c3)c2)cn1. The summed E-state index contributed by atoms with van der Waals surface area (Å²) in [4.78, 5) is 25.7. The van der Waals surface area contributed by atoms with E-state index in [0.717, 1.165) is 35.5 Å². The molecule has 0 unspecified atom stereocenters. The van der Waals surface area contributed by atoms with Gasteiger partial charge in [-0.25, -0.2) is 15.0 Å². The molecule has 3 heterocycles. The number of hydrogen-bond acceptors (Lipinski definition) is 9. The maximum Gasteiger partial charge on any atom is 0.317 e. The molecule has 172 valence electrons. The van der Waals surface area contributed by atoms with Gasteiger partial charge in [-0.2, -0.15) is 0 Å². The Morgan fingerprint density at radius 3 is 2.73 bits per heavy atom. The van der Waals surface area contributed by atoms with Crippen molar-refractivity contribution in [1.29, 1.82) is 0 Å². The fourth-order valence-corrected chi connectivity index (χ4v) is 3.45. The van der Waals surface area contributed by atoms with Gasteiger partial charge in [0.15, 0.2) is 0 Å². The molecule has 3 aromatic rings. The van der Waals surface area contributed by atoms with Gasteiger partial charge in [0.05, 0.1) is 6.54 Å². The predicted molar refractivity (Wildman–Crippen MR) is 126 cm³/mol. The highest BCUT2D eigenvalue weighted by atomic mass is 16.5. The van der Waals surface area contributed by atoms with Gasteiger partial charge in [-0.05, 0) is 42.8 Å². The summed E-state index contributed by atoms with van der Waals surface area (Å²) in [6, 6.07) is 11.5. The van der Waals surface area contributed by atoms with Gasteiger partial charge >= 0.3 is 5.97 Å². The molecule has 0 aliphatic carbocycles. The maximum absolute atomic E-state index is 10.8. The standard InChI is InChI=1S/C23H27N7O3/c24-6-2-7-26-23-27-11-17(12-28-23)16-5-8-25-21(9-16)29-18-3-1-4-19(10-18)33-20-13-30(14-20)15-22(31)32/h1,3-5,8-12,20H,2,6-7,13-15,24H2,(H,25,29)(H,31,32)(H,26,27,28). The first-order valence-corrected chi connectivity index (χ1v) is 10.8. The van der Waals surface area contributed by atoms with Gasteiger partial charge in [-0.3, -0.25) is 9.69 Å². The maximum atomic E-state index is 10.8. The number of aromatic nitrogens is 3. The quantitative estimate of drug-likeness (QED) is 0.322. The van der Waals surface area contributed by atoms with E-state index >= 15 is 0 Å². The molecule has 1 aliphatic heterocycles. The number of nitrogens with zero attached hydrogens (tertiary/aromatic N) is 4. The Morgan fingerprint density at radius 2 is 1.97 bits per heavy atom. The van der Waals surface area contributed by atoms with Gasteiger partial charge in [0.25, 0.3) is 0 Å². The van der Waals surface area contributed by atoms with Crippen LogP contribution in [0.2, 0.25) is 0 Å². The van der Waals surface area contributed by atoms with Crippen molar-refractivity contribution in [1.82, 2.24) is 19.9 Å². The lowest BCUT2D eigenvalue weighted by atomic mass is 10.1. The monoisotopic (exact) mass is 449 g/mol. The Bertz CT molecular complexity index is 1070. The Hall–Kier alpha value is -3.76. The zero-order chi connectivity index (χ0) is 23.0. The van der Waals surface area contributed by atoms with E-state index in [2.05, 4.69) is 25.6 Å². The van der Waals surface area contributed by atoms with E-state index in [1.54, 1.807) is 18.6 Å². The molecule has 0 atom stereocenters. The average Bonchev–Trinajstić information content (AvgIpc) is 2.78. The number of hydrogen-bond donors (Lipinski definition) is 4. The number of rotatable bonds is 11. The summed E-state index contributed by atoms with van der Waals surface area (Å²) in [5, 5.41) is 15.3. The molecule has 2 aromatic heterocycles. The summed E-state index contributed by atoms with van der Waals surface area (Å²) in [6.07, 6.45) is 6.14. The summed E-state index contributed by atoms with van der Waals surface area (Å²) in [7, 11) is 0. The number of benzene rings is 1. The Morgan fingerprint density at radius 1 is 1.15 bits per heavy atom. The molecule has 4 rings (SSSR count). The van der Waals surface area contributed by atoms with Crippen LogP contribution in [0.3, 0.4) is 0 Å². The normalized spacial score (nSPS) is 13.8. The molecular formula is C23H27N7O3. The summed E-state index contributed by atoms with van der Waals surface area (Å²) in [5.41, 5.74) is 8.18. The minimum Gasteiger partial charge on any atom is -0.488 e. The van der Waals surface area contributed by atoms with Gasteiger partial charge < -0.3 is 26.2 Å². The number of aliphatic carboxylic acids is 1. The molecule has 0 spiro atoms. The summed E-state index contributed by atoms with van der Waals surface area (Å²) in [6.45, 7) is 2.62. The van der Waals surface area contributed by atoms with Crippen LogP contribution in [0, 0.1) is 0 Å². The number of carboxylic acid groups (broad SMARTS) is 1. The van der Waals surface area contributed by atoms with E-state index in [4.69, 9.17) is 15.6 Å². The smallest absolute Gasteiger partial charge is 0.317 e. The number of pyridine rings is 1. The van der Waals surface area contributed by atoms with E-state index < -0.39 is 5.97 Å². The minimum absolute atomic E-state index is 0.00572. The van der Waals surface area contributed by atoms with Crippen molar-refractivity contribution in [3.05, 3.63) is 55.0 Å². The molecular weight excluding hydrogens is 422 g/mol. The van der Waals surface area contributed by atoms with Crippen LogP contribution in [0.4, 0.5) is 17.5 Å². The van der Waals surface area contributed by atoms with Crippen molar-refractivity contribution >= 4 is 23.4 Å². The topological polar surface area (TPSA) is 139 Å². The lowest BCUT2D eigenvalue weighted by Gasteiger charge is -2.37. The van der Waals surface area contributed by atoms with Crippen molar-refractivity contribution in [2.45, 2.75) is 12.5 Å². The van der Waals surface area contributed by atoms with Gasteiger partial charge in [0.2, 0.25) is 5.95 Å². The van der Waals surface area contributed by atoms with E-state index in [0.29, 0.717) is 31.4 Å². The molecule has 10 heteroatoms. The van der Waals surface area contributed by atoms with Crippen LogP contribution < -0.4 is 21.1 Å². The van der Waals surface area contributed by atoms with Gasteiger partial charge in [0, 0.05) is 55.5 Å². The van der Waals surface area contributed by atoms with Crippen molar-refractivity contribution in [2.24, 2.45) is 5.73 Å². The van der Waals surface area contributed by atoms with Crippen molar-refractivity contribution in [3.8, 4) is 16.9 Å². The molecule has 0 amide bonds. The predicted octanol–water partition coefficient (Wildman–Crippen LogP) is 2.19. The second-order valence-electron chi connectivity index (χ2n) is 7.77. The molecule has 1 saturated heterocycles. The van der Waals surface area contributed by atoms with Gasteiger partial charge in [-0.15, -0.1) is 0 Å². The highest BCUT2D eigenvalue weighted by Crippen LogP contribution is 2.26. The number of carbonyl (C=O) groups is 1. The van der Waals surface area contributed by atoms with Crippen molar-refractivity contribution in [3.63, 3.8) is 0 Å². The lowest BCUT2D eigenvalue weighted by molar-refractivity contribution is -0.140. The molecule has 33 heavy (non-hydrogen) atoms. The van der Waals surface area contributed by atoms with Crippen molar-refractivity contribution < 1.29 is 14.6 Å². The third kappa shape index (κ3) is 6.37. The molecule has 0 bridgehead atoms. The second kappa shape index (κ2) is 10.7. The number of nitrogens with one attached hydrogen (secondary N) is 2. The molecule has 1 aromatic carbocycles. The lowest BCUT2D eigenvalue weighted by Crippen LogP contribution is -2.55. The third-order valence-corrected chi connectivity index (χ3v) is 5.10. The number of anilines is 3. The summed E-state index contributed by atoms with van der Waals surface area (Å²) >= 11 is 0. The first-order valence-electron chi connectivity index (χ1n) is 10.8. The van der Waals surface area contributed by atoms with Crippen LogP contribution in [0.25, 0.3) is 11.1 Å². The zero-order valence-corrected chi connectivity index (χ0v) is 18.1. The first kappa shape index (κ1) is 22.4. The third-order valence-electron chi connectivity index (χ3n) is 5.10. The van der Waals surface area contributed by atoms with E-state index in [9.17, 15) is 4.79 Å². The molecule has 5 N–H and O–H groups in total. The Labute approximate surface area is 191 Å². The van der Waals surface area contributed by atoms with Gasteiger partial charge in [0.1, 0.15) is 17.7 Å².